The van der Waals surface area contributed by atoms with Crippen molar-refractivity contribution < 1.29 is 9.53 Å². The lowest BCUT2D eigenvalue weighted by Crippen LogP contribution is -2.30. The number of nitrogen functional groups attached to an aromatic ring is 1. The molecule has 0 atom stereocenters. The zero-order valence-corrected chi connectivity index (χ0v) is 12.5. The van der Waals surface area contributed by atoms with E-state index in [1.807, 2.05) is 31.2 Å². The van der Waals surface area contributed by atoms with Gasteiger partial charge in [0, 0.05) is 10.6 Å². The summed E-state index contributed by atoms with van der Waals surface area (Å²) in [6.07, 6.45) is 0.849. The first-order valence-corrected chi connectivity index (χ1v) is 7.03. The van der Waals surface area contributed by atoms with Crippen LogP contribution in [0.15, 0.2) is 42.5 Å². The van der Waals surface area contributed by atoms with Gasteiger partial charge in [0.15, 0.2) is 0 Å². The number of carbonyl (C=O) groups is 1. The van der Waals surface area contributed by atoms with Gasteiger partial charge in [-0.1, -0.05) is 30.7 Å². The third-order valence-corrected chi connectivity index (χ3v) is 3.49. The van der Waals surface area contributed by atoms with Crippen molar-refractivity contribution in [2.75, 3.05) is 0 Å². The van der Waals surface area contributed by atoms with Crippen LogP contribution >= 0.6 is 11.6 Å². The Balaban J connectivity index is 2.08. The van der Waals surface area contributed by atoms with Crippen molar-refractivity contribution >= 4 is 17.5 Å². The number of hydrogen-bond acceptors (Lipinski definition) is 3. The van der Waals surface area contributed by atoms with Gasteiger partial charge in [0.25, 0.3) is 5.91 Å². The SMILES string of the molecule is CCc1cc(OCc2cccc(C(=O)NN)c2)ccc1Cl. The molecule has 3 N–H and O–H groups in total. The predicted octanol–water partition coefficient (Wildman–Crippen LogP) is 3.08. The molecule has 0 saturated carbocycles. The lowest BCUT2D eigenvalue weighted by Gasteiger charge is -2.09. The summed E-state index contributed by atoms with van der Waals surface area (Å²) in [7, 11) is 0. The number of nitrogens with two attached hydrogens (primary N) is 1. The standard InChI is InChI=1S/C16H17ClN2O2/c1-2-12-9-14(6-7-15(12)17)21-10-11-4-3-5-13(8-11)16(20)19-18/h3-9H,2,10,18H2,1H3,(H,19,20). The Hall–Kier alpha value is -2.04. The molecular formula is C16H17ClN2O2. The van der Waals surface area contributed by atoms with Crippen LogP contribution in [0.25, 0.3) is 0 Å². The molecule has 110 valence electrons. The van der Waals surface area contributed by atoms with Crippen LogP contribution in [0.4, 0.5) is 0 Å². The summed E-state index contributed by atoms with van der Waals surface area (Å²) in [5, 5.41) is 0.742. The number of ether oxygens (including phenoxy) is 1. The van der Waals surface area contributed by atoms with Crippen LogP contribution in [-0.2, 0) is 13.0 Å². The molecule has 2 aromatic rings. The molecule has 5 heteroatoms. The van der Waals surface area contributed by atoms with Crippen LogP contribution in [0, 0.1) is 0 Å². The van der Waals surface area contributed by atoms with E-state index in [-0.39, 0.29) is 5.91 Å². The number of halogens is 1. The fourth-order valence-corrected chi connectivity index (χ4v) is 2.22. The monoisotopic (exact) mass is 304 g/mol. The Morgan fingerprint density at radius 3 is 2.81 bits per heavy atom. The zero-order chi connectivity index (χ0) is 15.2. The van der Waals surface area contributed by atoms with Gasteiger partial charge in [0.1, 0.15) is 12.4 Å². The molecular weight excluding hydrogens is 288 g/mol. The first-order valence-electron chi connectivity index (χ1n) is 6.65. The van der Waals surface area contributed by atoms with Gasteiger partial charge < -0.3 is 4.74 Å². The first-order chi connectivity index (χ1) is 10.1. The van der Waals surface area contributed by atoms with Crippen LogP contribution in [0.2, 0.25) is 5.02 Å². The summed E-state index contributed by atoms with van der Waals surface area (Å²) in [4.78, 5) is 11.5. The van der Waals surface area contributed by atoms with Crippen LogP contribution in [-0.4, -0.2) is 5.91 Å². The number of rotatable bonds is 5. The van der Waals surface area contributed by atoms with Crippen molar-refractivity contribution in [3.8, 4) is 5.75 Å². The normalized spacial score (nSPS) is 10.2. The molecule has 0 fully saturated rings. The number of benzene rings is 2. The predicted molar refractivity (Wildman–Crippen MR) is 83.3 cm³/mol. The fourth-order valence-electron chi connectivity index (χ4n) is 1.96. The lowest BCUT2D eigenvalue weighted by atomic mass is 10.1. The van der Waals surface area contributed by atoms with Crippen LogP contribution < -0.4 is 16.0 Å². The maximum Gasteiger partial charge on any atom is 0.265 e. The molecule has 0 aliphatic rings. The molecule has 0 radical (unpaired) electrons. The van der Waals surface area contributed by atoms with Crippen LogP contribution in [0.3, 0.4) is 0 Å². The number of hydrogen-bond donors (Lipinski definition) is 2. The molecule has 0 spiro atoms. The minimum atomic E-state index is -0.323. The van der Waals surface area contributed by atoms with Crippen molar-refractivity contribution in [3.63, 3.8) is 0 Å². The van der Waals surface area contributed by atoms with E-state index in [2.05, 4.69) is 5.43 Å². The average molecular weight is 305 g/mol. The van der Waals surface area contributed by atoms with E-state index in [0.29, 0.717) is 12.2 Å². The second-order valence-corrected chi connectivity index (χ2v) is 4.98. The molecule has 2 aromatic carbocycles. The summed E-state index contributed by atoms with van der Waals surface area (Å²) in [6, 6.07) is 12.7. The minimum Gasteiger partial charge on any atom is -0.489 e. The molecule has 0 aliphatic heterocycles. The number of nitrogens with one attached hydrogen (secondary N) is 1. The zero-order valence-electron chi connectivity index (χ0n) is 11.7. The van der Waals surface area contributed by atoms with E-state index >= 15 is 0 Å². The topological polar surface area (TPSA) is 64.3 Å². The van der Waals surface area contributed by atoms with Gasteiger partial charge in [-0.3, -0.25) is 10.2 Å². The molecule has 0 saturated heterocycles. The highest BCUT2D eigenvalue weighted by molar-refractivity contribution is 6.31. The lowest BCUT2D eigenvalue weighted by molar-refractivity contribution is 0.0953. The average Bonchev–Trinajstić information content (AvgIpc) is 2.53. The number of amides is 1. The largest absolute Gasteiger partial charge is 0.489 e. The van der Waals surface area contributed by atoms with Gasteiger partial charge in [-0.2, -0.15) is 0 Å². The van der Waals surface area contributed by atoms with Crippen molar-refractivity contribution in [1.82, 2.24) is 5.43 Å². The first kappa shape index (κ1) is 15.4. The highest BCUT2D eigenvalue weighted by atomic mass is 35.5. The molecule has 0 heterocycles. The minimum absolute atomic E-state index is 0.323. The van der Waals surface area contributed by atoms with Gasteiger partial charge >= 0.3 is 0 Å². The molecule has 4 nitrogen and oxygen atoms in total. The Labute approximate surface area is 128 Å². The molecule has 0 unspecified atom stereocenters. The summed E-state index contributed by atoms with van der Waals surface area (Å²) in [6.45, 7) is 2.41. The fraction of sp³-hybridized carbons (Fsp3) is 0.188. The van der Waals surface area contributed by atoms with Crippen molar-refractivity contribution in [3.05, 3.63) is 64.2 Å². The quantitative estimate of drug-likeness (QED) is 0.507. The molecule has 1 amide bonds. The summed E-state index contributed by atoms with van der Waals surface area (Å²) >= 11 is 6.07. The highest BCUT2D eigenvalue weighted by Gasteiger charge is 2.05. The summed E-state index contributed by atoms with van der Waals surface area (Å²) in [5.74, 6) is 5.55. The van der Waals surface area contributed by atoms with E-state index in [0.717, 1.165) is 28.3 Å². The van der Waals surface area contributed by atoms with Crippen molar-refractivity contribution in [1.29, 1.82) is 0 Å². The molecule has 0 bridgehead atoms. The molecule has 21 heavy (non-hydrogen) atoms. The second kappa shape index (κ2) is 7.11. The van der Waals surface area contributed by atoms with E-state index in [1.165, 1.54) is 0 Å². The van der Waals surface area contributed by atoms with Crippen molar-refractivity contribution in [2.45, 2.75) is 20.0 Å². The Bertz CT molecular complexity index is 644. The van der Waals surface area contributed by atoms with E-state index in [1.54, 1.807) is 18.2 Å². The van der Waals surface area contributed by atoms with Gasteiger partial charge in [-0.15, -0.1) is 0 Å². The number of hydrazine groups is 1. The molecule has 2 rings (SSSR count). The van der Waals surface area contributed by atoms with Crippen LogP contribution in [0.1, 0.15) is 28.4 Å². The number of carbonyl (C=O) groups excluding carboxylic acids is 1. The van der Waals surface area contributed by atoms with Gasteiger partial charge in [-0.05, 0) is 47.9 Å². The van der Waals surface area contributed by atoms with E-state index in [9.17, 15) is 4.79 Å². The summed E-state index contributed by atoms with van der Waals surface area (Å²) in [5.41, 5.74) is 4.55. The van der Waals surface area contributed by atoms with E-state index < -0.39 is 0 Å². The second-order valence-electron chi connectivity index (χ2n) is 4.57. The maximum absolute atomic E-state index is 11.5. The third-order valence-electron chi connectivity index (χ3n) is 3.12. The molecule has 0 aliphatic carbocycles. The van der Waals surface area contributed by atoms with E-state index in [4.69, 9.17) is 22.2 Å². The van der Waals surface area contributed by atoms with Crippen molar-refractivity contribution in [2.24, 2.45) is 5.84 Å². The van der Waals surface area contributed by atoms with Gasteiger partial charge in [0.05, 0.1) is 0 Å². The van der Waals surface area contributed by atoms with Gasteiger partial charge in [-0.25, -0.2) is 5.84 Å². The highest BCUT2D eigenvalue weighted by Crippen LogP contribution is 2.23. The third kappa shape index (κ3) is 3.97. The maximum atomic E-state index is 11.5. The Morgan fingerprint density at radius 2 is 2.10 bits per heavy atom. The smallest absolute Gasteiger partial charge is 0.265 e. The Morgan fingerprint density at radius 1 is 1.29 bits per heavy atom. The molecule has 0 aromatic heterocycles. The Kier molecular flexibility index (Phi) is 5.20. The van der Waals surface area contributed by atoms with Gasteiger partial charge in [0.2, 0.25) is 0 Å². The number of aryl methyl sites for hydroxylation is 1. The van der Waals surface area contributed by atoms with Crippen LogP contribution in [0.5, 0.6) is 5.75 Å². The summed E-state index contributed by atoms with van der Waals surface area (Å²) < 4.78 is 5.74.